The fourth-order valence-electron chi connectivity index (χ4n) is 1.93. The number of aliphatic carboxylic acids is 1. The molecular weight excluding hydrogens is 258 g/mol. The molecule has 104 valence electrons. The summed E-state index contributed by atoms with van der Waals surface area (Å²) in [6.45, 7) is 0.131. The van der Waals surface area contributed by atoms with E-state index in [2.05, 4.69) is 5.32 Å². The molecule has 0 unspecified atom stereocenters. The number of carboxylic acids is 1. The average Bonchev–Trinajstić information content (AvgIpc) is 2.44. The minimum atomic E-state index is -1.00. The molecule has 0 aliphatic carbocycles. The van der Waals surface area contributed by atoms with Crippen LogP contribution in [0.15, 0.2) is 48.5 Å². The van der Waals surface area contributed by atoms with Gasteiger partial charge in [-0.15, -0.1) is 0 Å². The molecule has 4 N–H and O–H groups in total. The monoisotopic (exact) mass is 273 g/mol. The Morgan fingerprint density at radius 1 is 1.05 bits per heavy atom. The van der Waals surface area contributed by atoms with Gasteiger partial charge in [-0.3, -0.25) is 10.1 Å². The van der Waals surface area contributed by atoms with Crippen molar-refractivity contribution in [3.05, 3.63) is 59.7 Å². The zero-order chi connectivity index (χ0) is 14.5. The van der Waals surface area contributed by atoms with E-state index in [1.54, 1.807) is 36.4 Å². The lowest BCUT2D eigenvalue weighted by Gasteiger charge is -2.15. The second kappa shape index (κ2) is 6.08. The number of hydrogen-bond donors (Lipinski definition) is 4. The van der Waals surface area contributed by atoms with Gasteiger partial charge in [-0.2, -0.15) is 0 Å². The zero-order valence-electron chi connectivity index (χ0n) is 10.7. The van der Waals surface area contributed by atoms with Crippen LogP contribution in [0.2, 0.25) is 0 Å². The molecule has 0 saturated carbocycles. The maximum atomic E-state index is 11.3. The highest BCUT2D eigenvalue weighted by atomic mass is 16.4. The van der Waals surface area contributed by atoms with Gasteiger partial charge in [0.1, 0.15) is 6.04 Å². The number of nitrogens with one attached hydrogen (secondary N) is 1. The highest BCUT2D eigenvalue weighted by Crippen LogP contribution is 2.28. The molecule has 1 atom stereocenters. The van der Waals surface area contributed by atoms with Gasteiger partial charge in [-0.25, -0.2) is 0 Å². The average molecular weight is 273 g/mol. The molecule has 0 amide bonds. The number of hydrogen-bond acceptors (Lipinski definition) is 4. The van der Waals surface area contributed by atoms with E-state index in [0.717, 1.165) is 0 Å². The van der Waals surface area contributed by atoms with Crippen molar-refractivity contribution >= 4 is 5.97 Å². The fourth-order valence-corrected chi connectivity index (χ4v) is 1.93. The largest absolute Gasteiger partial charge is 0.504 e. The van der Waals surface area contributed by atoms with Crippen molar-refractivity contribution in [3.8, 4) is 11.5 Å². The van der Waals surface area contributed by atoms with Crippen molar-refractivity contribution in [2.24, 2.45) is 0 Å². The van der Waals surface area contributed by atoms with Crippen LogP contribution < -0.4 is 5.32 Å². The Kier molecular flexibility index (Phi) is 4.22. The highest BCUT2D eigenvalue weighted by molar-refractivity contribution is 5.75. The SMILES string of the molecule is O=C(O)[C@H](NCc1cccc(O)c1O)c1ccccc1. The summed E-state index contributed by atoms with van der Waals surface area (Å²) in [7, 11) is 0. The van der Waals surface area contributed by atoms with Gasteiger partial charge in [-0.1, -0.05) is 42.5 Å². The number of rotatable bonds is 5. The van der Waals surface area contributed by atoms with Crippen LogP contribution in [0.4, 0.5) is 0 Å². The number of benzene rings is 2. The molecule has 0 aliphatic heterocycles. The Hall–Kier alpha value is -2.53. The van der Waals surface area contributed by atoms with Gasteiger partial charge < -0.3 is 15.3 Å². The molecule has 20 heavy (non-hydrogen) atoms. The number of para-hydroxylation sites is 1. The predicted octanol–water partition coefficient (Wildman–Crippen LogP) is 2.01. The van der Waals surface area contributed by atoms with Crippen LogP contribution >= 0.6 is 0 Å². The van der Waals surface area contributed by atoms with E-state index in [1.807, 2.05) is 6.07 Å². The zero-order valence-corrected chi connectivity index (χ0v) is 10.7. The van der Waals surface area contributed by atoms with Crippen LogP contribution in [0.1, 0.15) is 17.2 Å². The summed E-state index contributed by atoms with van der Waals surface area (Å²) in [6, 6.07) is 12.5. The molecule has 2 aromatic rings. The van der Waals surface area contributed by atoms with Crippen molar-refractivity contribution in [1.82, 2.24) is 5.32 Å². The molecule has 0 spiro atoms. The predicted molar refractivity (Wildman–Crippen MR) is 73.4 cm³/mol. The molecule has 5 heteroatoms. The minimum absolute atomic E-state index is 0.131. The van der Waals surface area contributed by atoms with Gasteiger partial charge in [0.2, 0.25) is 0 Å². The van der Waals surface area contributed by atoms with E-state index >= 15 is 0 Å². The van der Waals surface area contributed by atoms with Gasteiger partial charge in [0.15, 0.2) is 11.5 Å². The van der Waals surface area contributed by atoms with E-state index in [-0.39, 0.29) is 18.0 Å². The number of phenolic OH excluding ortho intramolecular Hbond substituents is 2. The number of phenols is 2. The van der Waals surface area contributed by atoms with Gasteiger partial charge in [0.05, 0.1) is 0 Å². The normalized spacial score (nSPS) is 12.0. The van der Waals surface area contributed by atoms with Crippen molar-refractivity contribution in [2.75, 3.05) is 0 Å². The molecule has 0 saturated heterocycles. The first-order valence-electron chi connectivity index (χ1n) is 6.10. The van der Waals surface area contributed by atoms with Gasteiger partial charge in [0, 0.05) is 12.1 Å². The molecule has 0 bridgehead atoms. The third kappa shape index (κ3) is 3.07. The summed E-state index contributed by atoms with van der Waals surface area (Å²) in [6.07, 6.45) is 0. The van der Waals surface area contributed by atoms with Crippen LogP contribution in [0.25, 0.3) is 0 Å². The van der Waals surface area contributed by atoms with Crippen molar-refractivity contribution in [3.63, 3.8) is 0 Å². The molecule has 0 aliphatic rings. The summed E-state index contributed by atoms with van der Waals surface area (Å²) in [5.74, 6) is -1.47. The van der Waals surface area contributed by atoms with Crippen LogP contribution in [0, 0.1) is 0 Å². The lowest BCUT2D eigenvalue weighted by molar-refractivity contribution is -0.139. The summed E-state index contributed by atoms with van der Waals surface area (Å²) in [5, 5.41) is 31.2. The molecule has 0 radical (unpaired) electrons. The summed E-state index contributed by atoms with van der Waals surface area (Å²) in [5.41, 5.74) is 1.06. The first-order chi connectivity index (χ1) is 9.59. The molecular formula is C15H15NO4. The van der Waals surface area contributed by atoms with Crippen molar-refractivity contribution in [1.29, 1.82) is 0 Å². The summed E-state index contributed by atoms with van der Waals surface area (Å²) in [4.78, 5) is 11.3. The quantitative estimate of drug-likeness (QED) is 0.626. The first-order valence-corrected chi connectivity index (χ1v) is 6.10. The summed E-state index contributed by atoms with van der Waals surface area (Å²) >= 11 is 0. The Balaban J connectivity index is 2.14. The second-order valence-electron chi connectivity index (χ2n) is 4.35. The van der Waals surface area contributed by atoms with E-state index in [9.17, 15) is 20.1 Å². The third-order valence-electron chi connectivity index (χ3n) is 2.97. The lowest BCUT2D eigenvalue weighted by Crippen LogP contribution is -2.28. The van der Waals surface area contributed by atoms with Crippen LogP contribution in [-0.2, 0) is 11.3 Å². The van der Waals surface area contributed by atoms with Crippen LogP contribution in [0.3, 0.4) is 0 Å². The van der Waals surface area contributed by atoms with Crippen molar-refractivity contribution < 1.29 is 20.1 Å². The van der Waals surface area contributed by atoms with Crippen molar-refractivity contribution in [2.45, 2.75) is 12.6 Å². The van der Waals surface area contributed by atoms with E-state index < -0.39 is 12.0 Å². The standard InChI is InChI=1S/C15H15NO4/c17-12-8-4-7-11(14(12)18)9-16-13(15(19)20)10-5-2-1-3-6-10/h1-8,13,16-18H,9H2,(H,19,20)/t13-/m1/s1. The molecule has 5 nitrogen and oxygen atoms in total. The molecule has 2 aromatic carbocycles. The Bertz CT molecular complexity index is 598. The van der Waals surface area contributed by atoms with Crippen LogP contribution in [0.5, 0.6) is 11.5 Å². The third-order valence-corrected chi connectivity index (χ3v) is 2.97. The maximum absolute atomic E-state index is 11.3. The molecule has 0 heterocycles. The Labute approximate surface area is 116 Å². The van der Waals surface area contributed by atoms with Crippen LogP contribution in [-0.4, -0.2) is 21.3 Å². The number of carboxylic acid groups (broad SMARTS) is 1. The van der Waals surface area contributed by atoms with E-state index in [0.29, 0.717) is 11.1 Å². The highest BCUT2D eigenvalue weighted by Gasteiger charge is 2.19. The molecule has 0 aromatic heterocycles. The summed E-state index contributed by atoms with van der Waals surface area (Å²) < 4.78 is 0. The fraction of sp³-hybridized carbons (Fsp3) is 0.133. The maximum Gasteiger partial charge on any atom is 0.325 e. The molecule has 2 rings (SSSR count). The van der Waals surface area contributed by atoms with Gasteiger partial charge in [0.25, 0.3) is 0 Å². The smallest absolute Gasteiger partial charge is 0.325 e. The Morgan fingerprint density at radius 3 is 2.40 bits per heavy atom. The lowest BCUT2D eigenvalue weighted by atomic mass is 10.1. The second-order valence-corrected chi connectivity index (χ2v) is 4.35. The topological polar surface area (TPSA) is 89.8 Å². The van der Waals surface area contributed by atoms with E-state index in [1.165, 1.54) is 6.07 Å². The first kappa shape index (κ1) is 13.9. The number of aromatic hydroxyl groups is 2. The number of carbonyl (C=O) groups is 1. The van der Waals surface area contributed by atoms with E-state index in [4.69, 9.17) is 0 Å². The van der Waals surface area contributed by atoms with Gasteiger partial charge >= 0.3 is 5.97 Å². The minimum Gasteiger partial charge on any atom is -0.504 e. The Morgan fingerprint density at radius 2 is 1.75 bits per heavy atom. The van der Waals surface area contributed by atoms with Gasteiger partial charge in [-0.05, 0) is 11.6 Å². The molecule has 0 fully saturated rings.